The van der Waals surface area contributed by atoms with E-state index in [1.54, 1.807) is 0 Å². The van der Waals surface area contributed by atoms with Crippen LogP contribution in [0.25, 0.3) is 0 Å². The van der Waals surface area contributed by atoms with Crippen molar-refractivity contribution in [2.45, 2.75) is 38.6 Å². The van der Waals surface area contributed by atoms with Gasteiger partial charge in [0.1, 0.15) is 0 Å². The third-order valence-corrected chi connectivity index (χ3v) is 2.91. The monoisotopic (exact) mass is 210 g/mol. The molecule has 0 heterocycles. The van der Waals surface area contributed by atoms with Crippen LogP contribution < -0.4 is 5.73 Å². The van der Waals surface area contributed by atoms with E-state index in [4.69, 9.17) is 5.73 Å². The minimum Gasteiger partial charge on any atom is -0.345 e. The Kier molecular flexibility index (Phi) is 4.82. The van der Waals surface area contributed by atoms with Crippen molar-refractivity contribution in [1.29, 1.82) is 0 Å². The molecule has 2 unspecified atom stereocenters. The van der Waals surface area contributed by atoms with Crippen LogP contribution in [0.15, 0.2) is 12.2 Å². The van der Waals surface area contributed by atoms with Crippen LogP contribution in [0.4, 0.5) is 0 Å². The fourth-order valence-corrected chi connectivity index (χ4v) is 1.90. The Balaban J connectivity index is 2.30. The number of carbonyl (C=O) groups is 1. The number of hydrogen-bond donors (Lipinski definition) is 1. The van der Waals surface area contributed by atoms with Gasteiger partial charge in [-0.2, -0.15) is 0 Å². The Morgan fingerprint density at radius 2 is 2.20 bits per heavy atom. The second-order valence-electron chi connectivity index (χ2n) is 4.36. The zero-order chi connectivity index (χ0) is 11.3. The Morgan fingerprint density at radius 3 is 2.73 bits per heavy atom. The van der Waals surface area contributed by atoms with Crippen LogP contribution in [0.3, 0.4) is 0 Å². The normalized spacial score (nSPS) is 24.5. The lowest BCUT2D eigenvalue weighted by molar-refractivity contribution is -0.132. The van der Waals surface area contributed by atoms with Crippen LogP contribution >= 0.6 is 0 Å². The average molecular weight is 210 g/mol. The smallest absolute Gasteiger partial charge is 0.229 e. The first-order valence-corrected chi connectivity index (χ1v) is 5.84. The standard InChI is InChI=1S/C12H22N2O/c1-3-4-5-8-14(2)12(15)10-6-7-11(13)9-10/h6-7,10-11H,3-5,8-9,13H2,1-2H3. The molecule has 0 fully saturated rings. The molecule has 2 N–H and O–H groups in total. The van der Waals surface area contributed by atoms with E-state index in [1.807, 2.05) is 24.1 Å². The molecule has 1 aliphatic carbocycles. The number of nitrogens with zero attached hydrogens (tertiary/aromatic N) is 1. The maximum atomic E-state index is 11.9. The lowest BCUT2D eigenvalue weighted by Gasteiger charge is -2.20. The molecule has 0 radical (unpaired) electrons. The van der Waals surface area contributed by atoms with E-state index < -0.39 is 0 Å². The molecule has 2 atom stereocenters. The molecule has 1 rings (SSSR count). The minimum absolute atomic E-state index is 0.0200. The van der Waals surface area contributed by atoms with Crippen molar-refractivity contribution in [3.05, 3.63) is 12.2 Å². The summed E-state index contributed by atoms with van der Waals surface area (Å²) in [6.07, 6.45) is 8.14. The highest BCUT2D eigenvalue weighted by atomic mass is 16.2. The van der Waals surface area contributed by atoms with E-state index in [1.165, 1.54) is 12.8 Å². The summed E-state index contributed by atoms with van der Waals surface area (Å²) in [6, 6.07) is 0.0722. The maximum Gasteiger partial charge on any atom is 0.229 e. The lowest BCUT2D eigenvalue weighted by atomic mass is 10.1. The Bertz CT molecular complexity index is 238. The van der Waals surface area contributed by atoms with Crippen LogP contribution in [0, 0.1) is 5.92 Å². The summed E-state index contributed by atoms with van der Waals surface area (Å²) in [5, 5.41) is 0. The highest BCUT2D eigenvalue weighted by Crippen LogP contribution is 2.18. The third-order valence-electron chi connectivity index (χ3n) is 2.91. The van der Waals surface area contributed by atoms with Gasteiger partial charge >= 0.3 is 0 Å². The maximum absolute atomic E-state index is 11.9. The van der Waals surface area contributed by atoms with Crippen molar-refractivity contribution in [1.82, 2.24) is 4.90 Å². The average Bonchev–Trinajstić information content (AvgIpc) is 2.64. The molecule has 0 saturated heterocycles. The Morgan fingerprint density at radius 1 is 1.47 bits per heavy atom. The number of carbonyl (C=O) groups excluding carboxylic acids is 1. The van der Waals surface area contributed by atoms with Gasteiger partial charge in [0.05, 0.1) is 5.92 Å². The first kappa shape index (κ1) is 12.2. The van der Waals surface area contributed by atoms with Gasteiger partial charge < -0.3 is 10.6 Å². The number of hydrogen-bond acceptors (Lipinski definition) is 2. The van der Waals surface area contributed by atoms with Gasteiger partial charge in [0.15, 0.2) is 0 Å². The van der Waals surface area contributed by atoms with Gasteiger partial charge in [-0.15, -0.1) is 0 Å². The number of amides is 1. The highest BCUT2D eigenvalue weighted by molar-refractivity contribution is 5.80. The summed E-state index contributed by atoms with van der Waals surface area (Å²) in [5.74, 6) is 0.238. The molecular weight excluding hydrogens is 188 g/mol. The number of nitrogens with two attached hydrogens (primary N) is 1. The molecule has 15 heavy (non-hydrogen) atoms. The topological polar surface area (TPSA) is 46.3 Å². The molecule has 0 aliphatic heterocycles. The van der Waals surface area contributed by atoms with Gasteiger partial charge in [-0.25, -0.2) is 0 Å². The molecule has 0 aromatic heterocycles. The fraction of sp³-hybridized carbons (Fsp3) is 0.750. The number of unbranched alkanes of at least 4 members (excludes halogenated alkanes) is 2. The van der Waals surface area contributed by atoms with E-state index in [0.29, 0.717) is 0 Å². The predicted octanol–water partition coefficient (Wildman–Crippen LogP) is 1.54. The van der Waals surface area contributed by atoms with Gasteiger partial charge in [0.25, 0.3) is 0 Å². The molecule has 1 aliphatic rings. The summed E-state index contributed by atoms with van der Waals surface area (Å²) < 4.78 is 0. The third kappa shape index (κ3) is 3.67. The molecule has 86 valence electrons. The van der Waals surface area contributed by atoms with Gasteiger partial charge in [-0.3, -0.25) is 4.79 Å². The molecule has 0 aromatic carbocycles. The van der Waals surface area contributed by atoms with Crippen molar-refractivity contribution in [3.63, 3.8) is 0 Å². The first-order chi connectivity index (χ1) is 7.15. The largest absolute Gasteiger partial charge is 0.345 e. The minimum atomic E-state index is 0.0200. The van der Waals surface area contributed by atoms with E-state index in [9.17, 15) is 4.79 Å². The molecule has 3 nitrogen and oxygen atoms in total. The zero-order valence-corrected chi connectivity index (χ0v) is 9.78. The SMILES string of the molecule is CCCCCN(C)C(=O)C1C=CC(N)C1. The molecule has 0 aromatic rings. The van der Waals surface area contributed by atoms with E-state index in [-0.39, 0.29) is 17.9 Å². The molecule has 1 amide bonds. The zero-order valence-electron chi connectivity index (χ0n) is 9.78. The Labute approximate surface area is 92.3 Å². The van der Waals surface area contributed by atoms with Crippen LogP contribution in [0.5, 0.6) is 0 Å². The second-order valence-corrected chi connectivity index (χ2v) is 4.36. The quantitative estimate of drug-likeness (QED) is 0.552. The van der Waals surface area contributed by atoms with Gasteiger partial charge in [-0.1, -0.05) is 31.9 Å². The molecular formula is C12H22N2O. The predicted molar refractivity (Wildman–Crippen MR) is 62.4 cm³/mol. The molecule has 3 heteroatoms. The van der Waals surface area contributed by atoms with Crippen molar-refractivity contribution in [2.24, 2.45) is 11.7 Å². The summed E-state index contributed by atoms with van der Waals surface area (Å²) in [5.41, 5.74) is 5.73. The van der Waals surface area contributed by atoms with E-state index >= 15 is 0 Å². The summed E-state index contributed by atoms with van der Waals surface area (Å²) in [4.78, 5) is 13.7. The van der Waals surface area contributed by atoms with E-state index in [2.05, 4.69) is 6.92 Å². The molecule has 0 bridgehead atoms. The van der Waals surface area contributed by atoms with Crippen LogP contribution in [0.1, 0.15) is 32.6 Å². The van der Waals surface area contributed by atoms with Crippen molar-refractivity contribution in [3.8, 4) is 0 Å². The van der Waals surface area contributed by atoms with Gasteiger partial charge in [0.2, 0.25) is 5.91 Å². The lowest BCUT2D eigenvalue weighted by Crippen LogP contribution is -2.33. The van der Waals surface area contributed by atoms with Crippen LogP contribution in [0.2, 0.25) is 0 Å². The fourth-order valence-electron chi connectivity index (χ4n) is 1.90. The summed E-state index contributed by atoms with van der Waals surface area (Å²) in [6.45, 7) is 3.03. The van der Waals surface area contributed by atoms with Crippen LogP contribution in [-0.2, 0) is 4.79 Å². The molecule has 0 spiro atoms. The first-order valence-electron chi connectivity index (χ1n) is 5.84. The van der Waals surface area contributed by atoms with Crippen molar-refractivity contribution in [2.75, 3.05) is 13.6 Å². The molecule has 0 saturated carbocycles. The van der Waals surface area contributed by atoms with Crippen molar-refractivity contribution < 1.29 is 4.79 Å². The highest BCUT2D eigenvalue weighted by Gasteiger charge is 2.24. The van der Waals surface area contributed by atoms with Crippen LogP contribution in [-0.4, -0.2) is 30.4 Å². The van der Waals surface area contributed by atoms with Crippen molar-refractivity contribution >= 4 is 5.91 Å². The second kappa shape index (κ2) is 5.91. The van der Waals surface area contributed by atoms with Gasteiger partial charge in [-0.05, 0) is 12.8 Å². The number of rotatable bonds is 5. The summed E-state index contributed by atoms with van der Waals surface area (Å²) in [7, 11) is 1.88. The summed E-state index contributed by atoms with van der Waals surface area (Å²) >= 11 is 0. The Hall–Kier alpha value is -0.830. The van der Waals surface area contributed by atoms with E-state index in [0.717, 1.165) is 19.4 Å². The van der Waals surface area contributed by atoms with Gasteiger partial charge in [0, 0.05) is 19.6 Å².